The molecule has 35 heavy (non-hydrogen) atoms. The van der Waals surface area contributed by atoms with E-state index < -0.39 is 11.5 Å². The van der Waals surface area contributed by atoms with Crippen molar-refractivity contribution in [3.63, 3.8) is 0 Å². The number of nitrogens with zero attached hydrogens (tertiary/aromatic N) is 2. The number of benzene rings is 3. The molecule has 5 nitrogen and oxygen atoms in total. The van der Waals surface area contributed by atoms with Crippen molar-refractivity contribution >= 4 is 34.4 Å². The minimum absolute atomic E-state index is 0.264. The zero-order valence-electron chi connectivity index (χ0n) is 20.0. The lowest BCUT2D eigenvalue weighted by molar-refractivity contribution is -0.140. The predicted molar refractivity (Wildman–Crippen MR) is 139 cm³/mol. The Bertz CT molecular complexity index is 1360. The molecule has 0 N–H and O–H groups in total. The van der Waals surface area contributed by atoms with Crippen LogP contribution in [0.25, 0.3) is 22.2 Å². The van der Waals surface area contributed by atoms with Gasteiger partial charge in [0.1, 0.15) is 0 Å². The molecular weight excluding hydrogens is 460 g/mol. The van der Waals surface area contributed by atoms with Crippen molar-refractivity contribution < 1.29 is 14.3 Å². The average molecular weight is 487 g/mol. The lowest BCUT2D eigenvalue weighted by atomic mass is 10.0. The summed E-state index contributed by atoms with van der Waals surface area (Å²) in [5.41, 5.74) is 2.82. The number of pyridine rings is 1. The maximum Gasteiger partial charge on any atom is 0.339 e. The molecule has 4 aromatic rings. The van der Waals surface area contributed by atoms with Crippen LogP contribution in [0.4, 0.5) is 0 Å². The zero-order valence-corrected chi connectivity index (χ0v) is 20.8. The van der Waals surface area contributed by atoms with E-state index in [-0.39, 0.29) is 12.5 Å². The topological polar surface area (TPSA) is 59.5 Å². The fourth-order valence-electron chi connectivity index (χ4n) is 3.90. The van der Waals surface area contributed by atoms with Gasteiger partial charge in [-0.25, -0.2) is 9.78 Å². The number of hydrogen-bond acceptors (Lipinski definition) is 4. The van der Waals surface area contributed by atoms with Crippen LogP contribution in [0.3, 0.4) is 0 Å². The first-order valence-corrected chi connectivity index (χ1v) is 11.8. The molecule has 4 rings (SSSR count). The number of hydrogen-bond donors (Lipinski definition) is 0. The molecule has 0 aliphatic heterocycles. The number of fused-ring (bicyclic) bond motifs is 1. The molecule has 0 saturated heterocycles. The lowest BCUT2D eigenvalue weighted by Gasteiger charge is -2.35. The molecular formula is C29H27ClN2O3. The Kier molecular flexibility index (Phi) is 7.17. The number of amides is 1. The van der Waals surface area contributed by atoms with E-state index in [1.54, 1.807) is 17.0 Å². The highest BCUT2D eigenvalue weighted by Crippen LogP contribution is 2.30. The molecule has 178 valence electrons. The fourth-order valence-corrected chi connectivity index (χ4v) is 4.13. The van der Waals surface area contributed by atoms with Gasteiger partial charge >= 0.3 is 5.97 Å². The number of carbonyl (C=O) groups excluding carboxylic acids is 2. The van der Waals surface area contributed by atoms with Crippen LogP contribution in [-0.4, -0.2) is 33.9 Å². The highest BCUT2D eigenvalue weighted by atomic mass is 35.5. The number of carbonyl (C=O) groups is 2. The van der Waals surface area contributed by atoms with Crippen molar-refractivity contribution in [2.75, 3.05) is 6.61 Å². The van der Waals surface area contributed by atoms with Crippen LogP contribution < -0.4 is 0 Å². The van der Waals surface area contributed by atoms with Crippen molar-refractivity contribution in [1.29, 1.82) is 0 Å². The van der Waals surface area contributed by atoms with Crippen LogP contribution in [0.15, 0.2) is 84.9 Å². The average Bonchev–Trinajstić information content (AvgIpc) is 2.85. The van der Waals surface area contributed by atoms with Crippen molar-refractivity contribution in [3.8, 4) is 11.3 Å². The summed E-state index contributed by atoms with van der Waals surface area (Å²) in [7, 11) is 0. The van der Waals surface area contributed by atoms with E-state index in [0.29, 0.717) is 39.3 Å². The molecule has 6 heteroatoms. The van der Waals surface area contributed by atoms with Crippen molar-refractivity contribution in [2.24, 2.45) is 0 Å². The van der Waals surface area contributed by atoms with Crippen LogP contribution in [0, 0.1) is 0 Å². The van der Waals surface area contributed by atoms with Crippen LogP contribution in [0.5, 0.6) is 0 Å². The Labute approximate surface area is 210 Å². The van der Waals surface area contributed by atoms with E-state index in [2.05, 4.69) is 4.98 Å². The van der Waals surface area contributed by atoms with Gasteiger partial charge in [-0.1, -0.05) is 78.3 Å². The first-order chi connectivity index (χ1) is 16.7. The Morgan fingerprint density at radius 2 is 1.57 bits per heavy atom. The van der Waals surface area contributed by atoms with Crippen LogP contribution >= 0.6 is 11.6 Å². The molecule has 3 aromatic carbocycles. The smallest absolute Gasteiger partial charge is 0.339 e. The van der Waals surface area contributed by atoms with E-state index in [0.717, 1.165) is 5.56 Å². The first kappa shape index (κ1) is 24.4. The van der Waals surface area contributed by atoms with E-state index in [9.17, 15) is 9.59 Å². The Hall–Kier alpha value is -3.70. The van der Waals surface area contributed by atoms with E-state index in [4.69, 9.17) is 16.3 Å². The quantitative estimate of drug-likeness (QED) is 0.290. The number of esters is 1. The maximum atomic E-state index is 13.2. The van der Waals surface area contributed by atoms with Crippen molar-refractivity contribution in [2.45, 2.75) is 32.9 Å². The third-order valence-corrected chi connectivity index (χ3v) is 6.04. The van der Waals surface area contributed by atoms with Gasteiger partial charge in [0.2, 0.25) is 0 Å². The highest BCUT2D eigenvalue weighted by molar-refractivity contribution is 6.33. The van der Waals surface area contributed by atoms with Gasteiger partial charge in [-0.2, -0.15) is 0 Å². The van der Waals surface area contributed by atoms with Gasteiger partial charge in [-0.3, -0.25) is 4.79 Å². The third-order valence-electron chi connectivity index (χ3n) is 5.71. The number of aromatic nitrogens is 1. The standard InChI is InChI=1S/C29H27ClN2O3/c1-29(2,3)32(18-20-11-5-4-6-12-20)27(33)19-35-28(34)23-17-26(22-14-7-9-15-24(22)30)31-25-16-10-8-13-21(23)25/h4-17H,18-19H2,1-3H3. The van der Waals surface area contributed by atoms with E-state index in [1.165, 1.54) is 0 Å². The van der Waals surface area contributed by atoms with Crippen molar-refractivity contribution in [3.05, 3.63) is 101 Å². The Balaban J connectivity index is 1.59. The SMILES string of the molecule is CC(C)(C)N(Cc1ccccc1)C(=O)COC(=O)c1cc(-c2ccccc2Cl)nc2ccccc12. The molecule has 0 radical (unpaired) electrons. The van der Waals surface area contributed by atoms with Gasteiger partial charge in [-0.05, 0) is 44.5 Å². The molecule has 0 aliphatic rings. The van der Waals surface area contributed by atoms with Gasteiger partial charge in [-0.15, -0.1) is 0 Å². The normalized spacial score (nSPS) is 11.3. The monoisotopic (exact) mass is 486 g/mol. The van der Waals surface area contributed by atoms with E-state index in [1.807, 2.05) is 93.6 Å². The molecule has 0 fully saturated rings. The summed E-state index contributed by atoms with van der Waals surface area (Å²) in [6.45, 7) is 5.95. The molecule has 0 spiro atoms. The minimum atomic E-state index is -0.584. The van der Waals surface area contributed by atoms with Crippen LogP contribution in [-0.2, 0) is 16.1 Å². The number of ether oxygens (including phenoxy) is 1. The second-order valence-electron chi connectivity index (χ2n) is 9.26. The van der Waals surface area contributed by atoms with Crippen molar-refractivity contribution in [1.82, 2.24) is 9.88 Å². The second kappa shape index (κ2) is 10.3. The summed E-state index contributed by atoms with van der Waals surface area (Å²) >= 11 is 6.38. The van der Waals surface area contributed by atoms with Gasteiger partial charge in [0.15, 0.2) is 6.61 Å². The predicted octanol–water partition coefficient (Wildman–Crippen LogP) is 6.54. The fraction of sp³-hybridized carbons (Fsp3) is 0.207. The summed E-state index contributed by atoms with van der Waals surface area (Å²) in [5.74, 6) is -0.849. The molecule has 1 amide bonds. The summed E-state index contributed by atoms with van der Waals surface area (Å²) in [6, 6.07) is 26.1. The first-order valence-electron chi connectivity index (χ1n) is 11.4. The van der Waals surface area contributed by atoms with Gasteiger partial charge < -0.3 is 9.64 Å². The summed E-state index contributed by atoms with van der Waals surface area (Å²) < 4.78 is 5.54. The highest BCUT2D eigenvalue weighted by Gasteiger charge is 2.28. The molecule has 0 bridgehead atoms. The van der Waals surface area contributed by atoms with E-state index >= 15 is 0 Å². The van der Waals surface area contributed by atoms with Crippen LogP contribution in [0.1, 0.15) is 36.7 Å². The molecule has 0 atom stereocenters. The molecule has 1 heterocycles. The minimum Gasteiger partial charge on any atom is -0.452 e. The summed E-state index contributed by atoms with van der Waals surface area (Å²) in [4.78, 5) is 32.8. The molecule has 0 aliphatic carbocycles. The lowest BCUT2D eigenvalue weighted by Crippen LogP contribution is -2.46. The summed E-state index contributed by atoms with van der Waals surface area (Å²) in [6.07, 6.45) is 0. The molecule has 1 aromatic heterocycles. The third kappa shape index (κ3) is 5.69. The van der Waals surface area contributed by atoms with Gasteiger partial charge in [0.05, 0.1) is 16.8 Å². The van der Waals surface area contributed by atoms with Crippen LogP contribution in [0.2, 0.25) is 5.02 Å². The Morgan fingerprint density at radius 1 is 0.914 bits per heavy atom. The van der Waals surface area contributed by atoms with Gasteiger partial charge in [0.25, 0.3) is 5.91 Å². The second-order valence-corrected chi connectivity index (χ2v) is 9.67. The molecule has 0 saturated carbocycles. The largest absolute Gasteiger partial charge is 0.452 e. The maximum absolute atomic E-state index is 13.2. The van der Waals surface area contributed by atoms with Gasteiger partial charge in [0, 0.05) is 28.1 Å². The number of para-hydroxylation sites is 1. The Morgan fingerprint density at radius 3 is 2.29 bits per heavy atom. The number of halogens is 1. The zero-order chi connectivity index (χ0) is 25.0. The number of rotatable bonds is 6. The summed E-state index contributed by atoms with van der Waals surface area (Å²) in [5, 5.41) is 1.18. The molecule has 0 unspecified atom stereocenters.